The lowest BCUT2D eigenvalue weighted by atomic mass is 10.0. The number of methoxy groups -OCH3 is 1. The quantitative estimate of drug-likeness (QED) is 0.584. The molecule has 1 heterocycles. The van der Waals surface area contributed by atoms with Gasteiger partial charge in [-0.3, -0.25) is 0 Å². The molecule has 140 valence electrons. The van der Waals surface area contributed by atoms with Crippen molar-refractivity contribution in [1.29, 1.82) is 0 Å². The molecule has 0 spiro atoms. The van der Waals surface area contributed by atoms with Crippen molar-refractivity contribution >= 4 is 35.2 Å². The van der Waals surface area contributed by atoms with Gasteiger partial charge in [-0.2, -0.15) is 0 Å². The van der Waals surface area contributed by atoms with Crippen molar-refractivity contribution in [2.75, 3.05) is 21.2 Å². The average Bonchev–Trinajstić information content (AvgIpc) is 2.55. The standard InChI is InChI=1S/C17H20Cl2N4O3/c1-17(2,24)11-8-14(21-22-16(11)25-5)26-15-12(18)6-10(7-13(15)19)20-9-23(3)4/h6-9,24H,1-5H3. The van der Waals surface area contributed by atoms with Gasteiger partial charge in [-0.05, 0) is 26.0 Å². The SMILES string of the molecule is COc1nnc(Oc2c(Cl)cc(N=CN(C)C)cc2Cl)cc1C(C)(C)O. The maximum atomic E-state index is 10.3. The van der Waals surface area contributed by atoms with E-state index in [0.29, 0.717) is 11.3 Å². The number of hydrogen-bond acceptors (Lipinski definition) is 6. The smallest absolute Gasteiger partial charge is 0.239 e. The minimum Gasteiger partial charge on any atom is -0.480 e. The van der Waals surface area contributed by atoms with E-state index in [0.717, 1.165) is 0 Å². The first kappa shape index (κ1) is 20.2. The Bertz CT molecular complexity index is 797. The summed E-state index contributed by atoms with van der Waals surface area (Å²) in [5.74, 6) is 0.546. The molecule has 0 aliphatic carbocycles. The van der Waals surface area contributed by atoms with Crippen LogP contribution in [-0.2, 0) is 5.60 Å². The summed E-state index contributed by atoms with van der Waals surface area (Å²) >= 11 is 12.5. The zero-order valence-electron chi connectivity index (χ0n) is 15.1. The normalized spacial score (nSPS) is 11.7. The number of nitrogens with zero attached hydrogens (tertiary/aromatic N) is 4. The van der Waals surface area contributed by atoms with E-state index in [9.17, 15) is 5.11 Å². The highest BCUT2D eigenvalue weighted by molar-refractivity contribution is 6.37. The van der Waals surface area contributed by atoms with E-state index >= 15 is 0 Å². The van der Waals surface area contributed by atoms with Gasteiger partial charge in [-0.25, -0.2) is 4.99 Å². The molecule has 1 N–H and O–H groups in total. The van der Waals surface area contributed by atoms with E-state index < -0.39 is 5.60 Å². The van der Waals surface area contributed by atoms with Gasteiger partial charge in [0.25, 0.3) is 0 Å². The molecular weight excluding hydrogens is 379 g/mol. The van der Waals surface area contributed by atoms with Crippen LogP contribution in [-0.4, -0.2) is 47.7 Å². The van der Waals surface area contributed by atoms with E-state index in [1.165, 1.54) is 13.2 Å². The predicted octanol–water partition coefficient (Wildman–Crippen LogP) is 4.03. The van der Waals surface area contributed by atoms with E-state index in [2.05, 4.69) is 15.2 Å². The number of hydrogen-bond donors (Lipinski definition) is 1. The lowest BCUT2D eigenvalue weighted by Crippen LogP contribution is -2.18. The Hall–Kier alpha value is -2.09. The highest BCUT2D eigenvalue weighted by Crippen LogP contribution is 2.40. The molecule has 0 saturated heterocycles. The summed E-state index contributed by atoms with van der Waals surface area (Å²) in [6, 6.07) is 4.77. The molecule has 0 unspecified atom stereocenters. The summed E-state index contributed by atoms with van der Waals surface area (Å²) in [5.41, 5.74) is -0.193. The largest absolute Gasteiger partial charge is 0.480 e. The molecule has 0 fully saturated rings. The van der Waals surface area contributed by atoms with Crippen LogP contribution in [0, 0.1) is 0 Å². The fraction of sp³-hybridized carbons (Fsp3) is 0.353. The Labute approximate surface area is 162 Å². The van der Waals surface area contributed by atoms with Crippen molar-refractivity contribution in [3.05, 3.63) is 33.8 Å². The lowest BCUT2D eigenvalue weighted by Gasteiger charge is -2.20. The molecule has 0 bridgehead atoms. The molecule has 9 heteroatoms. The Kier molecular flexibility index (Phi) is 6.28. The number of aliphatic imine (C=N–C) groups is 1. The molecule has 0 radical (unpaired) electrons. The van der Waals surface area contributed by atoms with Gasteiger partial charge in [0, 0.05) is 20.2 Å². The van der Waals surface area contributed by atoms with Crippen LogP contribution in [0.15, 0.2) is 23.2 Å². The number of aromatic nitrogens is 2. The van der Waals surface area contributed by atoms with Crippen molar-refractivity contribution in [3.63, 3.8) is 0 Å². The third kappa shape index (κ3) is 4.97. The maximum absolute atomic E-state index is 10.3. The van der Waals surface area contributed by atoms with Crippen molar-refractivity contribution in [2.45, 2.75) is 19.4 Å². The Morgan fingerprint density at radius 3 is 2.27 bits per heavy atom. The minimum absolute atomic E-state index is 0.122. The average molecular weight is 399 g/mol. The van der Waals surface area contributed by atoms with Crippen LogP contribution in [0.3, 0.4) is 0 Å². The summed E-state index contributed by atoms with van der Waals surface area (Å²) in [6.07, 6.45) is 1.63. The zero-order valence-corrected chi connectivity index (χ0v) is 16.6. The van der Waals surface area contributed by atoms with Crippen molar-refractivity contribution < 1.29 is 14.6 Å². The van der Waals surface area contributed by atoms with Crippen molar-refractivity contribution in [3.8, 4) is 17.5 Å². The van der Waals surface area contributed by atoms with Crippen LogP contribution in [0.2, 0.25) is 10.0 Å². The molecule has 26 heavy (non-hydrogen) atoms. The van der Waals surface area contributed by atoms with Crippen LogP contribution in [0.5, 0.6) is 17.5 Å². The number of rotatable bonds is 6. The molecule has 0 atom stereocenters. The monoisotopic (exact) mass is 398 g/mol. The molecule has 2 rings (SSSR count). The second-order valence-electron chi connectivity index (χ2n) is 6.21. The molecule has 0 amide bonds. The maximum Gasteiger partial charge on any atom is 0.239 e. The third-order valence-electron chi connectivity index (χ3n) is 3.22. The van der Waals surface area contributed by atoms with Gasteiger partial charge in [0.15, 0.2) is 5.75 Å². The highest BCUT2D eigenvalue weighted by atomic mass is 35.5. The Morgan fingerprint density at radius 1 is 1.15 bits per heavy atom. The highest BCUT2D eigenvalue weighted by Gasteiger charge is 2.24. The summed E-state index contributed by atoms with van der Waals surface area (Å²) in [5, 5.41) is 18.6. The van der Waals surface area contributed by atoms with Crippen LogP contribution in [0.25, 0.3) is 0 Å². The number of halogens is 2. The summed E-state index contributed by atoms with van der Waals surface area (Å²) in [4.78, 5) is 6.03. The van der Waals surface area contributed by atoms with Gasteiger partial charge in [-0.1, -0.05) is 23.2 Å². The fourth-order valence-corrected chi connectivity index (χ4v) is 2.56. The van der Waals surface area contributed by atoms with E-state index in [1.807, 2.05) is 14.1 Å². The van der Waals surface area contributed by atoms with Crippen LogP contribution in [0.4, 0.5) is 5.69 Å². The number of aliphatic hydroxyl groups is 1. The topological polar surface area (TPSA) is 80.1 Å². The van der Waals surface area contributed by atoms with E-state index in [4.69, 9.17) is 32.7 Å². The molecular formula is C17H20Cl2N4O3. The lowest BCUT2D eigenvalue weighted by molar-refractivity contribution is 0.0742. The first-order valence-corrected chi connectivity index (χ1v) is 8.39. The van der Waals surface area contributed by atoms with Crippen LogP contribution in [0.1, 0.15) is 19.4 Å². The van der Waals surface area contributed by atoms with Gasteiger partial charge >= 0.3 is 0 Å². The van der Waals surface area contributed by atoms with Crippen LogP contribution < -0.4 is 9.47 Å². The molecule has 7 nitrogen and oxygen atoms in total. The summed E-state index contributed by atoms with van der Waals surface area (Å²) < 4.78 is 10.8. The van der Waals surface area contributed by atoms with E-state index in [1.54, 1.807) is 37.2 Å². The number of benzene rings is 1. The second kappa shape index (κ2) is 8.07. The fourth-order valence-electron chi connectivity index (χ4n) is 2.01. The zero-order chi connectivity index (χ0) is 19.5. The van der Waals surface area contributed by atoms with Gasteiger partial charge in [0.1, 0.15) is 0 Å². The van der Waals surface area contributed by atoms with Gasteiger partial charge < -0.3 is 19.5 Å². The van der Waals surface area contributed by atoms with E-state index in [-0.39, 0.29) is 27.6 Å². The van der Waals surface area contributed by atoms with Crippen molar-refractivity contribution in [1.82, 2.24) is 15.1 Å². The molecule has 0 saturated carbocycles. The van der Waals surface area contributed by atoms with Gasteiger partial charge in [-0.15, -0.1) is 10.2 Å². The van der Waals surface area contributed by atoms with Crippen LogP contribution >= 0.6 is 23.2 Å². The Morgan fingerprint density at radius 2 is 1.77 bits per heavy atom. The number of ether oxygens (including phenoxy) is 2. The first-order valence-electron chi connectivity index (χ1n) is 7.64. The first-order chi connectivity index (χ1) is 12.1. The van der Waals surface area contributed by atoms with Gasteiger partial charge in [0.05, 0.1) is 40.3 Å². The molecule has 1 aromatic heterocycles. The second-order valence-corrected chi connectivity index (χ2v) is 7.03. The summed E-state index contributed by atoms with van der Waals surface area (Å²) in [7, 11) is 5.15. The third-order valence-corrected chi connectivity index (χ3v) is 3.78. The Balaban J connectivity index is 2.37. The molecule has 1 aromatic carbocycles. The molecule has 2 aromatic rings. The minimum atomic E-state index is -1.20. The van der Waals surface area contributed by atoms with Crippen molar-refractivity contribution in [2.24, 2.45) is 4.99 Å². The molecule has 0 aliphatic rings. The van der Waals surface area contributed by atoms with Gasteiger partial charge in [0.2, 0.25) is 11.8 Å². The molecule has 0 aliphatic heterocycles. The summed E-state index contributed by atoms with van der Waals surface area (Å²) in [6.45, 7) is 3.21. The predicted molar refractivity (Wildman–Crippen MR) is 102 cm³/mol.